The highest BCUT2D eigenvalue weighted by atomic mass is 16.4. The molecule has 1 heterocycles. The molecule has 2 aliphatic rings. The molecule has 1 amide bonds. The zero-order valence-electron chi connectivity index (χ0n) is 11.9. The van der Waals surface area contributed by atoms with Crippen molar-refractivity contribution < 1.29 is 14.7 Å². The predicted molar refractivity (Wildman–Crippen MR) is 75.1 cm³/mol. The van der Waals surface area contributed by atoms with Crippen molar-refractivity contribution in [2.45, 2.75) is 38.1 Å². The number of carboxylic acid groups (broad SMARTS) is 1. The maximum atomic E-state index is 11.9. The largest absolute Gasteiger partial charge is 0.481 e. The number of carboxylic acids is 1. The molecule has 1 aliphatic carbocycles. The number of nitrogens with one attached hydrogen (secondary N) is 1. The lowest BCUT2D eigenvalue weighted by atomic mass is 9.96. The number of carbonyl (C=O) groups excluding carboxylic acids is 1. The Hall–Kier alpha value is -1.14. The molecule has 20 heavy (non-hydrogen) atoms. The molecule has 0 aromatic rings. The third kappa shape index (κ3) is 4.18. The fraction of sp³-hybridized carbons (Fsp3) is 0.857. The highest BCUT2D eigenvalue weighted by molar-refractivity contribution is 5.78. The van der Waals surface area contributed by atoms with Crippen LogP contribution in [0.4, 0.5) is 0 Å². The molecule has 0 radical (unpaired) electrons. The molecule has 114 valence electrons. The van der Waals surface area contributed by atoms with Crippen LogP contribution < -0.4 is 11.1 Å². The van der Waals surface area contributed by atoms with Crippen molar-refractivity contribution in [3.05, 3.63) is 0 Å². The number of aliphatic carboxylic acids is 1. The molecule has 0 bridgehead atoms. The lowest BCUT2D eigenvalue weighted by Crippen LogP contribution is -2.45. The van der Waals surface area contributed by atoms with Crippen LogP contribution in [0.15, 0.2) is 0 Å². The summed E-state index contributed by atoms with van der Waals surface area (Å²) in [5, 5.41) is 12.0. The molecule has 2 rings (SSSR count). The molecule has 1 saturated heterocycles. The standard InChI is InChI=1S/C14H25N3O3/c15-11-4-6-17(7-5-11)9-13(18)16-8-10-2-1-3-12(10)14(19)20/h10-12H,1-9,15H2,(H,16,18)(H,19,20). The van der Waals surface area contributed by atoms with Crippen molar-refractivity contribution in [1.82, 2.24) is 10.2 Å². The number of likely N-dealkylation sites (tertiary alicyclic amines) is 1. The Balaban J connectivity index is 1.68. The average molecular weight is 283 g/mol. The van der Waals surface area contributed by atoms with E-state index in [9.17, 15) is 9.59 Å². The van der Waals surface area contributed by atoms with Gasteiger partial charge in [-0.2, -0.15) is 0 Å². The van der Waals surface area contributed by atoms with Gasteiger partial charge < -0.3 is 16.2 Å². The smallest absolute Gasteiger partial charge is 0.306 e. The number of rotatable bonds is 5. The van der Waals surface area contributed by atoms with Gasteiger partial charge in [0.2, 0.25) is 5.91 Å². The maximum Gasteiger partial charge on any atom is 0.306 e. The van der Waals surface area contributed by atoms with Gasteiger partial charge in [-0.1, -0.05) is 6.42 Å². The van der Waals surface area contributed by atoms with Gasteiger partial charge in [-0.3, -0.25) is 14.5 Å². The molecular weight excluding hydrogens is 258 g/mol. The van der Waals surface area contributed by atoms with Crippen LogP contribution in [-0.4, -0.2) is 54.1 Å². The minimum atomic E-state index is -0.730. The molecule has 4 N–H and O–H groups in total. The van der Waals surface area contributed by atoms with Gasteiger partial charge in [0.25, 0.3) is 0 Å². The summed E-state index contributed by atoms with van der Waals surface area (Å²) in [7, 11) is 0. The predicted octanol–water partition coefficient (Wildman–Crippen LogP) is 0.0266. The number of hydrogen-bond donors (Lipinski definition) is 3. The van der Waals surface area contributed by atoms with Crippen LogP contribution in [0.25, 0.3) is 0 Å². The minimum absolute atomic E-state index is 0.00323. The van der Waals surface area contributed by atoms with Crippen LogP contribution in [0.5, 0.6) is 0 Å². The fourth-order valence-corrected chi connectivity index (χ4v) is 3.22. The van der Waals surface area contributed by atoms with Crippen LogP contribution in [-0.2, 0) is 9.59 Å². The minimum Gasteiger partial charge on any atom is -0.481 e. The zero-order valence-corrected chi connectivity index (χ0v) is 11.9. The molecule has 2 fully saturated rings. The second-order valence-electron chi connectivity index (χ2n) is 6.05. The molecule has 6 heteroatoms. The van der Waals surface area contributed by atoms with Gasteiger partial charge in [-0.15, -0.1) is 0 Å². The Bertz CT molecular complexity index is 354. The average Bonchev–Trinajstić information content (AvgIpc) is 2.88. The summed E-state index contributed by atoms with van der Waals surface area (Å²) in [6, 6.07) is 0.268. The summed E-state index contributed by atoms with van der Waals surface area (Å²) in [5.74, 6) is -0.933. The molecule has 6 nitrogen and oxygen atoms in total. The van der Waals surface area contributed by atoms with Gasteiger partial charge in [-0.05, 0) is 31.6 Å². The Morgan fingerprint density at radius 3 is 2.55 bits per heavy atom. The van der Waals surface area contributed by atoms with E-state index in [0.717, 1.165) is 45.2 Å². The molecule has 1 aliphatic heterocycles. The van der Waals surface area contributed by atoms with Gasteiger partial charge in [0.1, 0.15) is 0 Å². The maximum absolute atomic E-state index is 11.9. The molecule has 0 aromatic heterocycles. The lowest BCUT2D eigenvalue weighted by molar-refractivity contribution is -0.143. The first-order valence-electron chi connectivity index (χ1n) is 7.53. The van der Waals surface area contributed by atoms with Gasteiger partial charge in [0, 0.05) is 25.7 Å². The molecule has 0 spiro atoms. The number of nitrogens with two attached hydrogens (primary N) is 1. The van der Waals surface area contributed by atoms with Crippen molar-refractivity contribution >= 4 is 11.9 Å². The molecular formula is C14H25N3O3. The lowest BCUT2D eigenvalue weighted by Gasteiger charge is -2.29. The Labute approximate surface area is 119 Å². The van der Waals surface area contributed by atoms with Gasteiger partial charge in [0.05, 0.1) is 12.5 Å². The number of carbonyl (C=O) groups is 2. The van der Waals surface area contributed by atoms with Crippen molar-refractivity contribution in [2.24, 2.45) is 17.6 Å². The second-order valence-corrected chi connectivity index (χ2v) is 6.05. The van der Waals surface area contributed by atoms with E-state index in [1.807, 2.05) is 0 Å². The van der Waals surface area contributed by atoms with Gasteiger partial charge in [-0.25, -0.2) is 0 Å². The van der Waals surface area contributed by atoms with Crippen LogP contribution >= 0.6 is 0 Å². The van der Waals surface area contributed by atoms with Crippen LogP contribution in [0.3, 0.4) is 0 Å². The normalized spacial score (nSPS) is 28.4. The Morgan fingerprint density at radius 2 is 1.90 bits per heavy atom. The van der Waals surface area contributed by atoms with Crippen molar-refractivity contribution in [1.29, 1.82) is 0 Å². The first-order valence-corrected chi connectivity index (χ1v) is 7.53. The third-order valence-electron chi connectivity index (χ3n) is 4.54. The van der Waals surface area contributed by atoms with Crippen molar-refractivity contribution in [3.8, 4) is 0 Å². The summed E-state index contributed by atoms with van der Waals surface area (Å²) < 4.78 is 0. The fourth-order valence-electron chi connectivity index (χ4n) is 3.22. The summed E-state index contributed by atoms with van der Waals surface area (Å²) in [5.41, 5.74) is 5.83. The van der Waals surface area contributed by atoms with Gasteiger partial charge >= 0.3 is 5.97 Å². The number of hydrogen-bond acceptors (Lipinski definition) is 4. The monoisotopic (exact) mass is 283 g/mol. The molecule has 1 saturated carbocycles. The van der Waals surface area contributed by atoms with Crippen LogP contribution in [0, 0.1) is 11.8 Å². The van der Waals surface area contributed by atoms with E-state index in [1.165, 1.54) is 0 Å². The highest BCUT2D eigenvalue weighted by Crippen LogP contribution is 2.31. The molecule has 0 aromatic carbocycles. The van der Waals surface area contributed by atoms with E-state index >= 15 is 0 Å². The van der Waals surface area contributed by atoms with E-state index in [2.05, 4.69) is 10.2 Å². The Morgan fingerprint density at radius 1 is 1.20 bits per heavy atom. The second kappa shape index (κ2) is 7.04. The first kappa shape index (κ1) is 15.3. The van der Waals surface area contributed by atoms with Crippen LogP contribution in [0.2, 0.25) is 0 Å². The van der Waals surface area contributed by atoms with E-state index < -0.39 is 5.97 Å². The zero-order chi connectivity index (χ0) is 14.5. The van der Waals surface area contributed by atoms with E-state index in [-0.39, 0.29) is 23.8 Å². The van der Waals surface area contributed by atoms with Crippen LogP contribution in [0.1, 0.15) is 32.1 Å². The quantitative estimate of drug-likeness (QED) is 0.661. The summed E-state index contributed by atoms with van der Waals surface area (Å²) in [6.45, 7) is 2.63. The summed E-state index contributed by atoms with van der Waals surface area (Å²) in [4.78, 5) is 25.1. The summed E-state index contributed by atoms with van der Waals surface area (Å²) in [6.07, 6.45) is 4.46. The first-order chi connectivity index (χ1) is 9.56. The number of piperidine rings is 1. The van der Waals surface area contributed by atoms with Gasteiger partial charge in [0.15, 0.2) is 0 Å². The summed E-state index contributed by atoms with van der Waals surface area (Å²) >= 11 is 0. The Kier molecular flexibility index (Phi) is 5.37. The topological polar surface area (TPSA) is 95.7 Å². The number of amides is 1. The number of nitrogens with zero attached hydrogens (tertiary/aromatic N) is 1. The van der Waals surface area contributed by atoms with Crippen molar-refractivity contribution in [2.75, 3.05) is 26.2 Å². The van der Waals surface area contributed by atoms with E-state index in [4.69, 9.17) is 10.8 Å². The molecule has 2 atom stereocenters. The highest BCUT2D eigenvalue weighted by Gasteiger charge is 2.32. The SMILES string of the molecule is NC1CCN(CC(=O)NCC2CCCC2C(=O)O)CC1. The third-order valence-corrected chi connectivity index (χ3v) is 4.54. The van der Waals surface area contributed by atoms with Crippen molar-refractivity contribution in [3.63, 3.8) is 0 Å². The van der Waals surface area contributed by atoms with E-state index in [1.54, 1.807) is 0 Å². The molecule has 2 unspecified atom stereocenters. The van der Waals surface area contributed by atoms with E-state index in [0.29, 0.717) is 13.1 Å².